The van der Waals surface area contributed by atoms with Crippen LogP contribution in [0.5, 0.6) is 0 Å². The van der Waals surface area contributed by atoms with Gasteiger partial charge in [-0.2, -0.15) is 0 Å². The third-order valence-corrected chi connectivity index (χ3v) is 7.45. The van der Waals surface area contributed by atoms with Crippen LogP contribution in [0.15, 0.2) is 35.7 Å². The maximum Gasteiger partial charge on any atom is 0.163 e. The molecule has 0 spiro atoms. The highest BCUT2D eigenvalue weighted by molar-refractivity contribution is 7.99. The lowest BCUT2D eigenvalue weighted by Crippen LogP contribution is -2.44. The van der Waals surface area contributed by atoms with Crippen LogP contribution in [0.3, 0.4) is 0 Å². The van der Waals surface area contributed by atoms with E-state index in [4.69, 9.17) is 9.97 Å². The Morgan fingerprint density at radius 1 is 1.16 bits per heavy atom. The molecule has 6 rings (SSSR count). The van der Waals surface area contributed by atoms with Crippen LogP contribution in [0, 0.1) is 0 Å². The number of nitrogens with zero attached hydrogens (tertiary/aromatic N) is 5. The van der Waals surface area contributed by atoms with E-state index in [2.05, 4.69) is 38.2 Å². The number of anilines is 1. The van der Waals surface area contributed by atoms with Crippen molar-refractivity contribution >= 4 is 39.5 Å². The van der Waals surface area contributed by atoms with Gasteiger partial charge in [0.05, 0.1) is 16.7 Å². The van der Waals surface area contributed by atoms with E-state index >= 15 is 0 Å². The molecule has 1 aliphatic carbocycles. The molecular weight excluding hydrogens is 418 g/mol. The quantitative estimate of drug-likeness (QED) is 0.442. The Labute approximate surface area is 191 Å². The predicted octanol–water partition coefficient (Wildman–Crippen LogP) is 4.36. The maximum absolute atomic E-state index is 5.21. The molecule has 0 atom stereocenters. The van der Waals surface area contributed by atoms with Crippen LogP contribution in [-0.2, 0) is 0 Å². The van der Waals surface area contributed by atoms with Crippen LogP contribution in [0.4, 0.5) is 5.82 Å². The zero-order valence-corrected chi connectivity index (χ0v) is 19.1. The molecule has 7 nitrogen and oxygen atoms in total. The van der Waals surface area contributed by atoms with Gasteiger partial charge in [-0.3, -0.25) is 4.98 Å². The Morgan fingerprint density at radius 3 is 2.81 bits per heavy atom. The minimum atomic E-state index is 0.577. The number of hydrogen-bond donors (Lipinski definition) is 2. The number of hydrogen-bond acceptors (Lipinski definition) is 7. The van der Waals surface area contributed by atoms with Gasteiger partial charge in [-0.25, -0.2) is 15.0 Å². The highest BCUT2D eigenvalue weighted by atomic mass is 32.2. The summed E-state index contributed by atoms with van der Waals surface area (Å²) in [7, 11) is 0. The molecule has 1 aliphatic heterocycles. The Kier molecular flexibility index (Phi) is 5.19. The second-order valence-electron chi connectivity index (χ2n) is 8.55. The number of H-pyrrole nitrogens is 1. The van der Waals surface area contributed by atoms with Crippen molar-refractivity contribution in [2.45, 2.75) is 37.1 Å². The summed E-state index contributed by atoms with van der Waals surface area (Å²) >= 11 is 1.79. The fourth-order valence-corrected chi connectivity index (χ4v) is 5.46. The molecule has 5 heterocycles. The maximum atomic E-state index is 5.21. The third kappa shape index (κ3) is 3.42. The highest BCUT2D eigenvalue weighted by Crippen LogP contribution is 2.42. The van der Waals surface area contributed by atoms with Crippen molar-refractivity contribution < 1.29 is 0 Å². The van der Waals surface area contributed by atoms with Gasteiger partial charge >= 0.3 is 0 Å². The number of aromatic amines is 1. The lowest BCUT2D eigenvalue weighted by Gasteiger charge is -2.32. The van der Waals surface area contributed by atoms with E-state index in [0.29, 0.717) is 5.92 Å². The Hall–Kier alpha value is -2.71. The van der Waals surface area contributed by atoms with Crippen molar-refractivity contribution in [3.8, 4) is 11.4 Å². The fraction of sp³-hybridized carbons (Fsp3) is 0.417. The molecule has 32 heavy (non-hydrogen) atoms. The van der Waals surface area contributed by atoms with Crippen LogP contribution < -0.4 is 10.2 Å². The van der Waals surface area contributed by atoms with Crippen molar-refractivity contribution in [2.24, 2.45) is 0 Å². The number of aromatic nitrogens is 5. The lowest BCUT2D eigenvalue weighted by molar-refractivity contribution is 0.421. The Bertz CT molecular complexity index is 1270. The van der Waals surface area contributed by atoms with E-state index in [9.17, 15) is 0 Å². The van der Waals surface area contributed by atoms with Crippen molar-refractivity contribution in [2.75, 3.05) is 36.8 Å². The predicted molar refractivity (Wildman–Crippen MR) is 130 cm³/mol. The molecule has 8 heteroatoms. The second kappa shape index (κ2) is 8.33. The highest BCUT2D eigenvalue weighted by Gasteiger charge is 2.27. The molecule has 2 aliphatic rings. The van der Waals surface area contributed by atoms with Gasteiger partial charge in [0, 0.05) is 54.9 Å². The first kappa shape index (κ1) is 19.9. The zero-order chi connectivity index (χ0) is 21.5. The second-order valence-corrected chi connectivity index (χ2v) is 9.85. The van der Waals surface area contributed by atoms with Gasteiger partial charge in [-0.1, -0.05) is 13.3 Å². The summed E-state index contributed by atoms with van der Waals surface area (Å²) < 4.78 is 0. The monoisotopic (exact) mass is 445 g/mol. The van der Waals surface area contributed by atoms with E-state index in [-0.39, 0.29) is 0 Å². The summed E-state index contributed by atoms with van der Waals surface area (Å²) in [5.41, 5.74) is 4.15. The minimum Gasteiger partial charge on any atom is -0.353 e. The van der Waals surface area contributed by atoms with Crippen LogP contribution in [-0.4, -0.2) is 56.9 Å². The average Bonchev–Trinajstić information content (AvgIpc) is 3.21. The molecule has 2 fully saturated rings. The summed E-state index contributed by atoms with van der Waals surface area (Å²) in [6, 6.07) is 4.20. The van der Waals surface area contributed by atoms with Gasteiger partial charge < -0.3 is 15.2 Å². The number of fused-ring (bicyclic) bond motifs is 2. The smallest absolute Gasteiger partial charge is 0.163 e. The lowest BCUT2D eigenvalue weighted by atomic mass is 9.79. The van der Waals surface area contributed by atoms with Crippen LogP contribution in [0.25, 0.3) is 33.3 Å². The average molecular weight is 446 g/mol. The van der Waals surface area contributed by atoms with Gasteiger partial charge in [-0.05, 0) is 42.2 Å². The van der Waals surface area contributed by atoms with Crippen molar-refractivity contribution in [1.29, 1.82) is 0 Å². The van der Waals surface area contributed by atoms with Crippen LogP contribution >= 0.6 is 11.8 Å². The number of pyridine rings is 2. The third-order valence-electron chi connectivity index (χ3n) is 6.63. The molecule has 0 unspecified atom stereocenters. The standard InChI is InChI=1S/C24H27N7S/c1-2-32-20-12-17-16(6-7-27-22(17)29-20)23-28-19-14-26-13-18(15-4-3-5-15)21(19)24(30-23)31-10-8-25-9-11-31/h6-7,12-15,25H,2-5,8-11H2,1H3,(H,27,29). The molecule has 2 N–H and O–H groups in total. The molecule has 1 saturated heterocycles. The first-order valence-corrected chi connectivity index (χ1v) is 12.5. The summed E-state index contributed by atoms with van der Waals surface area (Å²) in [6.07, 6.45) is 9.55. The summed E-state index contributed by atoms with van der Waals surface area (Å²) in [6.45, 7) is 6.00. The molecule has 1 saturated carbocycles. The van der Waals surface area contributed by atoms with E-state index in [0.717, 1.165) is 70.7 Å². The van der Waals surface area contributed by atoms with E-state index in [1.165, 1.54) is 30.2 Å². The molecule has 0 bridgehead atoms. The molecule has 164 valence electrons. The first-order valence-electron chi connectivity index (χ1n) is 11.5. The molecule has 4 aromatic heterocycles. The molecule has 4 aromatic rings. The van der Waals surface area contributed by atoms with Gasteiger partial charge in [0.2, 0.25) is 0 Å². The number of nitrogens with one attached hydrogen (secondary N) is 2. The Balaban J connectivity index is 1.56. The minimum absolute atomic E-state index is 0.577. The summed E-state index contributed by atoms with van der Waals surface area (Å²) in [5, 5.41) is 6.85. The van der Waals surface area contributed by atoms with Crippen molar-refractivity contribution in [3.63, 3.8) is 0 Å². The summed E-state index contributed by atoms with van der Waals surface area (Å²) in [5.74, 6) is 3.39. The number of piperazine rings is 1. The zero-order valence-electron chi connectivity index (χ0n) is 18.3. The topological polar surface area (TPSA) is 82.6 Å². The normalized spacial score (nSPS) is 17.2. The van der Waals surface area contributed by atoms with Gasteiger partial charge in [0.15, 0.2) is 5.82 Å². The first-order chi connectivity index (χ1) is 15.8. The van der Waals surface area contributed by atoms with Crippen LogP contribution in [0.2, 0.25) is 0 Å². The van der Waals surface area contributed by atoms with E-state index < -0.39 is 0 Å². The largest absolute Gasteiger partial charge is 0.353 e. The van der Waals surface area contributed by atoms with Gasteiger partial charge in [0.1, 0.15) is 11.5 Å². The van der Waals surface area contributed by atoms with Crippen molar-refractivity contribution in [1.82, 2.24) is 30.2 Å². The number of rotatable bonds is 5. The summed E-state index contributed by atoms with van der Waals surface area (Å²) in [4.78, 5) is 25.2. The fourth-order valence-electron chi connectivity index (χ4n) is 4.77. The Morgan fingerprint density at radius 2 is 2.03 bits per heavy atom. The SMILES string of the molecule is CCSc1cc2c(-c3nc(N4CCNCC4)c4c(C5CCC5)cncc4n3)ccnc2[nH]1. The van der Waals surface area contributed by atoms with Gasteiger partial charge in [-0.15, -0.1) is 11.8 Å². The van der Waals surface area contributed by atoms with E-state index in [1.807, 2.05) is 24.7 Å². The van der Waals surface area contributed by atoms with E-state index in [1.54, 1.807) is 11.8 Å². The van der Waals surface area contributed by atoms with Crippen molar-refractivity contribution in [3.05, 3.63) is 36.3 Å². The molecule has 0 radical (unpaired) electrons. The van der Waals surface area contributed by atoms with Gasteiger partial charge in [0.25, 0.3) is 0 Å². The number of thioether (sulfide) groups is 1. The molecule has 0 aromatic carbocycles. The van der Waals surface area contributed by atoms with Crippen LogP contribution in [0.1, 0.15) is 37.7 Å². The molecule has 0 amide bonds. The molecular formula is C24H27N7S.